The van der Waals surface area contributed by atoms with Crippen LogP contribution in [0, 0.1) is 0 Å². The second kappa shape index (κ2) is 7.75. The summed E-state index contributed by atoms with van der Waals surface area (Å²) in [5.41, 5.74) is 2.34. The van der Waals surface area contributed by atoms with Gasteiger partial charge in [0.05, 0.1) is 13.2 Å². The zero-order valence-electron chi connectivity index (χ0n) is 12.0. The maximum atomic E-state index is 11.1. The fraction of sp³-hybridized carbons (Fsp3) is 0.533. The van der Waals surface area contributed by atoms with Gasteiger partial charge in [-0.3, -0.25) is 4.79 Å². The molecule has 1 aromatic rings. The van der Waals surface area contributed by atoms with Crippen molar-refractivity contribution in [2.24, 2.45) is 0 Å². The lowest BCUT2D eigenvalue weighted by molar-refractivity contribution is -0.120. The molecule has 1 aliphatic heterocycles. The Morgan fingerprint density at radius 3 is 2.60 bits per heavy atom. The van der Waals surface area contributed by atoms with E-state index in [1.54, 1.807) is 7.05 Å². The molecule has 2 rings (SSSR count). The third-order valence-electron chi connectivity index (χ3n) is 3.43. The number of amides is 1. The number of hydrogen-bond acceptors (Lipinski definition) is 4. The van der Waals surface area contributed by atoms with Crippen LogP contribution in [-0.4, -0.2) is 45.8 Å². The number of carbonyl (C=O) groups excluding carboxylic acids is 1. The lowest BCUT2D eigenvalue weighted by atomic mass is 10.2. The Morgan fingerprint density at radius 1 is 1.25 bits per heavy atom. The van der Waals surface area contributed by atoms with Crippen molar-refractivity contribution in [3.05, 3.63) is 24.3 Å². The standard InChI is InChI=1S/C15H23N3O2/c1-16-15(19)3-2-8-17-13-4-6-14(7-5-13)18-9-11-20-12-10-18/h4-7,17H,2-3,8-12H2,1H3,(H,16,19). The number of carbonyl (C=O) groups is 1. The van der Waals surface area contributed by atoms with Gasteiger partial charge < -0.3 is 20.3 Å². The Morgan fingerprint density at radius 2 is 1.95 bits per heavy atom. The van der Waals surface area contributed by atoms with E-state index < -0.39 is 0 Å². The lowest BCUT2D eigenvalue weighted by Crippen LogP contribution is -2.36. The van der Waals surface area contributed by atoms with Gasteiger partial charge in [0.25, 0.3) is 0 Å². The highest BCUT2D eigenvalue weighted by Crippen LogP contribution is 2.18. The molecule has 0 atom stereocenters. The van der Waals surface area contributed by atoms with Crippen LogP contribution in [0.4, 0.5) is 11.4 Å². The van der Waals surface area contributed by atoms with Crippen LogP contribution < -0.4 is 15.5 Å². The molecule has 110 valence electrons. The normalized spacial score (nSPS) is 14.9. The van der Waals surface area contributed by atoms with E-state index in [4.69, 9.17) is 4.74 Å². The van der Waals surface area contributed by atoms with Gasteiger partial charge in [0.1, 0.15) is 0 Å². The molecule has 1 heterocycles. The molecule has 1 fully saturated rings. The monoisotopic (exact) mass is 277 g/mol. The first-order chi connectivity index (χ1) is 9.79. The van der Waals surface area contributed by atoms with Crippen LogP contribution >= 0.6 is 0 Å². The van der Waals surface area contributed by atoms with Crippen LogP contribution in [0.3, 0.4) is 0 Å². The molecule has 2 N–H and O–H groups in total. The maximum absolute atomic E-state index is 11.1. The molecule has 0 aromatic heterocycles. The summed E-state index contributed by atoms with van der Waals surface area (Å²) in [5, 5.41) is 5.96. The number of ether oxygens (including phenoxy) is 1. The quantitative estimate of drug-likeness (QED) is 0.773. The van der Waals surface area contributed by atoms with Crippen molar-refractivity contribution in [3.8, 4) is 0 Å². The molecule has 20 heavy (non-hydrogen) atoms. The highest BCUT2D eigenvalue weighted by atomic mass is 16.5. The van der Waals surface area contributed by atoms with Crippen molar-refractivity contribution in [1.82, 2.24) is 5.32 Å². The van der Waals surface area contributed by atoms with Crippen LogP contribution in [0.1, 0.15) is 12.8 Å². The molecule has 1 amide bonds. The molecule has 0 spiro atoms. The van der Waals surface area contributed by atoms with Crippen LogP contribution in [0.15, 0.2) is 24.3 Å². The molecule has 1 saturated heterocycles. The topological polar surface area (TPSA) is 53.6 Å². The number of anilines is 2. The first-order valence-electron chi connectivity index (χ1n) is 7.17. The molecule has 1 aliphatic rings. The summed E-state index contributed by atoms with van der Waals surface area (Å²) in [6.45, 7) is 4.33. The van der Waals surface area contributed by atoms with E-state index in [-0.39, 0.29) is 5.91 Å². The van der Waals surface area contributed by atoms with Crippen molar-refractivity contribution in [2.45, 2.75) is 12.8 Å². The summed E-state index contributed by atoms with van der Waals surface area (Å²) in [5.74, 6) is 0.0921. The summed E-state index contributed by atoms with van der Waals surface area (Å²) in [6, 6.07) is 8.44. The second-order valence-electron chi connectivity index (χ2n) is 4.85. The van der Waals surface area contributed by atoms with Gasteiger partial charge in [-0.05, 0) is 30.7 Å². The van der Waals surface area contributed by atoms with Gasteiger partial charge in [0.15, 0.2) is 0 Å². The SMILES string of the molecule is CNC(=O)CCCNc1ccc(N2CCOCC2)cc1. The van der Waals surface area contributed by atoms with E-state index in [2.05, 4.69) is 39.8 Å². The Bertz CT molecular complexity index is 414. The number of rotatable bonds is 6. The molecule has 5 heteroatoms. The minimum Gasteiger partial charge on any atom is -0.385 e. The first-order valence-corrected chi connectivity index (χ1v) is 7.17. The van der Waals surface area contributed by atoms with Crippen molar-refractivity contribution < 1.29 is 9.53 Å². The van der Waals surface area contributed by atoms with Gasteiger partial charge in [-0.25, -0.2) is 0 Å². The van der Waals surface area contributed by atoms with Gasteiger partial charge >= 0.3 is 0 Å². The van der Waals surface area contributed by atoms with Gasteiger partial charge in [-0.2, -0.15) is 0 Å². The fourth-order valence-electron chi connectivity index (χ4n) is 2.22. The Hall–Kier alpha value is -1.75. The summed E-state index contributed by atoms with van der Waals surface area (Å²) >= 11 is 0. The molecule has 0 bridgehead atoms. The average molecular weight is 277 g/mol. The summed E-state index contributed by atoms with van der Waals surface area (Å²) in [7, 11) is 1.67. The van der Waals surface area contributed by atoms with E-state index in [0.29, 0.717) is 6.42 Å². The van der Waals surface area contributed by atoms with Crippen molar-refractivity contribution >= 4 is 17.3 Å². The lowest BCUT2D eigenvalue weighted by Gasteiger charge is -2.28. The molecule has 0 unspecified atom stereocenters. The molecule has 5 nitrogen and oxygen atoms in total. The predicted molar refractivity (Wildman–Crippen MR) is 81.3 cm³/mol. The number of nitrogens with zero attached hydrogens (tertiary/aromatic N) is 1. The molecular formula is C15H23N3O2. The second-order valence-corrected chi connectivity index (χ2v) is 4.85. The van der Waals surface area contributed by atoms with Crippen LogP contribution in [0.2, 0.25) is 0 Å². The van der Waals surface area contributed by atoms with E-state index >= 15 is 0 Å². The highest BCUT2D eigenvalue weighted by Gasteiger charge is 2.10. The molecule has 0 saturated carbocycles. The summed E-state index contributed by atoms with van der Waals surface area (Å²) < 4.78 is 5.35. The van der Waals surface area contributed by atoms with E-state index in [1.807, 2.05) is 0 Å². The zero-order valence-corrected chi connectivity index (χ0v) is 12.0. The smallest absolute Gasteiger partial charge is 0.219 e. The van der Waals surface area contributed by atoms with E-state index in [9.17, 15) is 4.79 Å². The van der Waals surface area contributed by atoms with Gasteiger partial charge in [0.2, 0.25) is 5.91 Å². The van der Waals surface area contributed by atoms with Crippen molar-refractivity contribution in [3.63, 3.8) is 0 Å². The Labute approximate surface area is 120 Å². The average Bonchev–Trinajstić information content (AvgIpc) is 2.52. The van der Waals surface area contributed by atoms with Gasteiger partial charge in [-0.15, -0.1) is 0 Å². The number of hydrogen-bond donors (Lipinski definition) is 2. The first kappa shape index (κ1) is 14.7. The number of morpholine rings is 1. The zero-order chi connectivity index (χ0) is 14.2. The van der Waals surface area contributed by atoms with Crippen molar-refractivity contribution in [1.29, 1.82) is 0 Å². The summed E-state index contributed by atoms with van der Waals surface area (Å²) in [6.07, 6.45) is 1.40. The molecule has 0 aliphatic carbocycles. The molecule has 1 aromatic carbocycles. The number of benzene rings is 1. The van der Waals surface area contributed by atoms with Gasteiger partial charge in [-0.1, -0.05) is 0 Å². The number of nitrogens with one attached hydrogen (secondary N) is 2. The van der Waals surface area contributed by atoms with E-state index in [0.717, 1.165) is 45.0 Å². The fourth-order valence-corrected chi connectivity index (χ4v) is 2.22. The Balaban J connectivity index is 1.75. The van der Waals surface area contributed by atoms with E-state index in [1.165, 1.54) is 5.69 Å². The van der Waals surface area contributed by atoms with Gasteiger partial charge in [0, 0.05) is 44.5 Å². The van der Waals surface area contributed by atoms with Crippen LogP contribution in [-0.2, 0) is 9.53 Å². The molecule has 0 radical (unpaired) electrons. The minimum absolute atomic E-state index is 0.0921. The third-order valence-corrected chi connectivity index (χ3v) is 3.43. The Kier molecular flexibility index (Phi) is 5.68. The summed E-state index contributed by atoms with van der Waals surface area (Å²) in [4.78, 5) is 13.4. The van der Waals surface area contributed by atoms with Crippen molar-refractivity contribution in [2.75, 3.05) is 50.1 Å². The van der Waals surface area contributed by atoms with Crippen LogP contribution in [0.25, 0.3) is 0 Å². The molecular weight excluding hydrogens is 254 g/mol. The maximum Gasteiger partial charge on any atom is 0.219 e. The largest absolute Gasteiger partial charge is 0.385 e. The highest BCUT2D eigenvalue weighted by molar-refractivity contribution is 5.75. The minimum atomic E-state index is 0.0921. The predicted octanol–water partition coefficient (Wildman–Crippen LogP) is 1.46. The third kappa shape index (κ3) is 4.42. The van der Waals surface area contributed by atoms with Crippen LogP contribution in [0.5, 0.6) is 0 Å².